The number of ether oxygens (including phenoxy) is 1. The second-order valence-electron chi connectivity index (χ2n) is 9.70. The number of carbonyl (C=O) groups excluding carboxylic acids is 2. The molecule has 1 heterocycles. The normalized spacial score (nSPS) is 17.1. The fourth-order valence-corrected chi connectivity index (χ4v) is 4.41. The van der Waals surface area contributed by atoms with Gasteiger partial charge < -0.3 is 14.7 Å². The molecule has 1 unspecified atom stereocenters. The first-order valence-corrected chi connectivity index (χ1v) is 12.5. The van der Waals surface area contributed by atoms with Crippen molar-refractivity contribution in [2.75, 3.05) is 13.2 Å². The molecule has 1 aliphatic rings. The van der Waals surface area contributed by atoms with E-state index in [2.05, 4.69) is 13.8 Å². The van der Waals surface area contributed by atoms with Crippen molar-refractivity contribution in [1.29, 1.82) is 0 Å². The average molecular weight is 484 g/mol. The third-order valence-corrected chi connectivity index (χ3v) is 6.49. The molecule has 0 aromatic heterocycles. The van der Waals surface area contributed by atoms with Crippen LogP contribution in [0.15, 0.2) is 84.4 Å². The number of ketones is 1. The van der Waals surface area contributed by atoms with Crippen LogP contribution in [0.25, 0.3) is 5.76 Å². The number of hydrogen-bond acceptors (Lipinski definition) is 4. The zero-order chi connectivity index (χ0) is 25.7. The Hall–Kier alpha value is -3.86. The van der Waals surface area contributed by atoms with Gasteiger partial charge in [0.15, 0.2) is 0 Å². The molecule has 1 saturated heterocycles. The second-order valence-corrected chi connectivity index (χ2v) is 9.70. The van der Waals surface area contributed by atoms with E-state index in [1.807, 2.05) is 73.7 Å². The number of Topliss-reactive ketones (excluding diaryl/α,β-unsaturated/α-hetero) is 1. The maximum Gasteiger partial charge on any atom is 0.295 e. The minimum absolute atomic E-state index is 0.108. The Kier molecular flexibility index (Phi) is 7.89. The Labute approximate surface area is 213 Å². The van der Waals surface area contributed by atoms with Gasteiger partial charge in [0, 0.05) is 12.1 Å². The van der Waals surface area contributed by atoms with Crippen LogP contribution in [-0.2, 0) is 16.0 Å². The van der Waals surface area contributed by atoms with E-state index in [-0.39, 0.29) is 11.3 Å². The van der Waals surface area contributed by atoms with Gasteiger partial charge in [-0.05, 0) is 48.9 Å². The highest BCUT2D eigenvalue weighted by molar-refractivity contribution is 6.46. The fraction of sp³-hybridized carbons (Fsp3) is 0.290. The lowest BCUT2D eigenvalue weighted by Gasteiger charge is -2.26. The van der Waals surface area contributed by atoms with E-state index in [0.717, 1.165) is 23.1 Å². The van der Waals surface area contributed by atoms with Crippen LogP contribution in [0, 0.1) is 12.8 Å². The molecule has 0 aliphatic carbocycles. The Balaban J connectivity index is 1.73. The monoisotopic (exact) mass is 483 g/mol. The van der Waals surface area contributed by atoms with Crippen molar-refractivity contribution >= 4 is 17.4 Å². The van der Waals surface area contributed by atoms with Crippen molar-refractivity contribution in [2.45, 2.75) is 39.7 Å². The molecule has 1 fully saturated rings. The van der Waals surface area contributed by atoms with E-state index in [1.165, 1.54) is 0 Å². The van der Waals surface area contributed by atoms with Gasteiger partial charge >= 0.3 is 0 Å². The summed E-state index contributed by atoms with van der Waals surface area (Å²) in [4.78, 5) is 28.1. The van der Waals surface area contributed by atoms with Crippen LogP contribution in [0.1, 0.15) is 48.6 Å². The smallest absolute Gasteiger partial charge is 0.295 e. The van der Waals surface area contributed by atoms with Crippen LogP contribution in [0.4, 0.5) is 0 Å². The van der Waals surface area contributed by atoms with Crippen molar-refractivity contribution < 1.29 is 19.4 Å². The summed E-state index contributed by atoms with van der Waals surface area (Å²) in [6.45, 7) is 7.17. The van der Waals surface area contributed by atoms with Gasteiger partial charge in [0.25, 0.3) is 11.7 Å². The standard InChI is InChI=1S/C31H33NO4/c1-21(2)17-19-36-26-11-7-10-25(20-26)28-27(29(33)24-14-12-22(3)13-15-24)30(34)31(35)32(28)18-16-23-8-5-4-6-9-23/h4-15,20-21,28,33H,16-19H2,1-3H3. The molecular weight excluding hydrogens is 450 g/mol. The molecular formula is C31H33NO4. The number of benzene rings is 3. The molecule has 5 heteroatoms. The quantitative estimate of drug-likeness (QED) is 0.227. The van der Waals surface area contributed by atoms with Gasteiger partial charge in [0.1, 0.15) is 11.5 Å². The largest absolute Gasteiger partial charge is 0.507 e. The lowest BCUT2D eigenvalue weighted by atomic mass is 9.94. The predicted octanol–water partition coefficient (Wildman–Crippen LogP) is 6.08. The van der Waals surface area contributed by atoms with Gasteiger partial charge in [-0.3, -0.25) is 9.59 Å². The fourth-order valence-electron chi connectivity index (χ4n) is 4.41. The zero-order valence-corrected chi connectivity index (χ0v) is 21.1. The topological polar surface area (TPSA) is 66.8 Å². The Morgan fingerprint density at radius 1 is 0.972 bits per heavy atom. The zero-order valence-electron chi connectivity index (χ0n) is 21.1. The molecule has 3 aromatic rings. The number of likely N-dealkylation sites (tertiary alicyclic amines) is 1. The molecule has 0 bridgehead atoms. The summed E-state index contributed by atoms with van der Waals surface area (Å²) in [7, 11) is 0. The lowest BCUT2D eigenvalue weighted by Crippen LogP contribution is -2.31. The van der Waals surface area contributed by atoms with Crippen LogP contribution in [0.5, 0.6) is 5.75 Å². The highest BCUT2D eigenvalue weighted by Crippen LogP contribution is 2.40. The third-order valence-electron chi connectivity index (χ3n) is 6.49. The summed E-state index contributed by atoms with van der Waals surface area (Å²) in [5.41, 5.74) is 3.46. The number of hydrogen-bond donors (Lipinski definition) is 1. The predicted molar refractivity (Wildman–Crippen MR) is 142 cm³/mol. The average Bonchev–Trinajstić information content (AvgIpc) is 3.13. The van der Waals surface area contributed by atoms with E-state index in [9.17, 15) is 14.7 Å². The number of amides is 1. The SMILES string of the molecule is Cc1ccc(C(O)=C2C(=O)C(=O)N(CCc3ccccc3)C2c2cccc(OCCC(C)C)c2)cc1. The molecule has 36 heavy (non-hydrogen) atoms. The van der Waals surface area contributed by atoms with E-state index < -0.39 is 17.7 Å². The van der Waals surface area contributed by atoms with Crippen molar-refractivity contribution in [1.82, 2.24) is 4.90 Å². The highest BCUT2D eigenvalue weighted by Gasteiger charge is 2.45. The molecule has 1 atom stereocenters. The minimum atomic E-state index is -0.705. The number of rotatable bonds is 9. The van der Waals surface area contributed by atoms with Crippen LogP contribution >= 0.6 is 0 Å². The van der Waals surface area contributed by atoms with Crippen LogP contribution in [-0.4, -0.2) is 34.8 Å². The Bertz CT molecular complexity index is 1250. The van der Waals surface area contributed by atoms with Gasteiger partial charge in [-0.2, -0.15) is 0 Å². The molecule has 0 saturated carbocycles. The number of carbonyl (C=O) groups is 2. The van der Waals surface area contributed by atoms with Crippen molar-refractivity contribution in [3.63, 3.8) is 0 Å². The van der Waals surface area contributed by atoms with Gasteiger partial charge in [0.05, 0.1) is 18.2 Å². The highest BCUT2D eigenvalue weighted by atomic mass is 16.5. The molecule has 5 nitrogen and oxygen atoms in total. The maximum atomic E-state index is 13.3. The molecule has 3 aromatic carbocycles. The Morgan fingerprint density at radius 2 is 1.69 bits per heavy atom. The first kappa shape index (κ1) is 25.2. The third kappa shape index (κ3) is 5.68. The molecule has 4 rings (SSSR count). The van der Waals surface area contributed by atoms with E-state index in [4.69, 9.17) is 4.74 Å². The van der Waals surface area contributed by atoms with E-state index >= 15 is 0 Å². The van der Waals surface area contributed by atoms with Crippen molar-refractivity contribution in [2.24, 2.45) is 5.92 Å². The minimum Gasteiger partial charge on any atom is -0.507 e. The molecule has 0 spiro atoms. The van der Waals surface area contributed by atoms with Crippen LogP contribution in [0.3, 0.4) is 0 Å². The Morgan fingerprint density at radius 3 is 2.39 bits per heavy atom. The number of nitrogens with zero attached hydrogens (tertiary/aromatic N) is 1. The van der Waals surface area contributed by atoms with Crippen LogP contribution < -0.4 is 4.74 Å². The van der Waals surface area contributed by atoms with Crippen molar-refractivity contribution in [3.05, 3.63) is 107 Å². The number of aliphatic hydroxyl groups excluding tert-OH is 1. The molecule has 0 radical (unpaired) electrons. The van der Waals surface area contributed by atoms with Gasteiger partial charge in [-0.1, -0.05) is 86.1 Å². The number of aliphatic hydroxyl groups is 1. The summed E-state index contributed by atoms with van der Waals surface area (Å²) in [5, 5.41) is 11.3. The van der Waals surface area contributed by atoms with Crippen molar-refractivity contribution in [3.8, 4) is 5.75 Å². The lowest BCUT2D eigenvalue weighted by molar-refractivity contribution is -0.139. The second kappa shape index (κ2) is 11.3. The summed E-state index contributed by atoms with van der Waals surface area (Å²) < 4.78 is 5.96. The molecule has 1 N–H and O–H groups in total. The van der Waals surface area contributed by atoms with E-state index in [1.54, 1.807) is 17.0 Å². The van der Waals surface area contributed by atoms with Gasteiger partial charge in [0.2, 0.25) is 0 Å². The molecule has 1 amide bonds. The first-order chi connectivity index (χ1) is 17.3. The first-order valence-electron chi connectivity index (χ1n) is 12.5. The summed E-state index contributed by atoms with van der Waals surface area (Å²) in [6, 6.07) is 23.9. The molecule has 1 aliphatic heterocycles. The summed E-state index contributed by atoms with van der Waals surface area (Å²) in [6.07, 6.45) is 1.52. The summed E-state index contributed by atoms with van der Waals surface area (Å²) >= 11 is 0. The van der Waals surface area contributed by atoms with Crippen LogP contribution in [0.2, 0.25) is 0 Å². The van der Waals surface area contributed by atoms with E-state index in [0.29, 0.717) is 36.8 Å². The van der Waals surface area contributed by atoms with Gasteiger partial charge in [-0.25, -0.2) is 0 Å². The summed E-state index contributed by atoms with van der Waals surface area (Å²) in [5.74, 6) is -0.232. The maximum absolute atomic E-state index is 13.3. The van der Waals surface area contributed by atoms with Gasteiger partial charge in [-0.15, -0.1) is 0 Å². The number of aryl methyl sites for hydroxylation is 1. The molecule has 186 valence electrons.